The summed E-state index contributed by atoms with van der Waals surface area (Å²) in [5.41, 5.74) is 7.09. The van der Waals surface area contributed by atoms with Crippen molar-refractivity contribution in [1.82, 2.24) is 9.97 Å². The first kappa shape index (κ1) is 16.1. The Hall–Kier alpha value is -2.74. The third kappa shape index (κ3) is 3.60. The number of aromatic nitrogens is 2. The molecule has 0 bridgehead atoms. The van der Waals surface area contributed by atoms with E-state index >= 15 is 0 Å². The van der Waals surface area contributed by atoms with E-state index in [2.05, 4.69) is 36.5 Å². The third-order valence-corrected chi connectivity index (χ3v) is 3.65. The Bertz CT molecular complexity index is 888. The van der Waals surface area contributed by atoms with Gasteiger partial charge in [-0.1, -0.05) is 22.0 Å². The topological polar surface area (TPSA) is 75.9 Å². The summed E-state index contributed by atoms with van der Waals surface area (Å²) in [6.07, 6.45) is 1.29. The molecule has 0 aliphatic rings. The summed E-state index contributed by atoms with van der Waals surface area (Å²) in [6.45, 7) is 0. The van der Waals surface area contributed by atoms with Crippen LogP contribution in [0.4, 0.5) is 37.5 Å². The highest BCUT2D eigenvalue weighted by Crippen LogP contribution is 2.29. The average molecular weight is 392 g/mol. The number of nitrogens with two attached hydrogens (primary N) is 1. The molecule has 3 rings (SSSR count). The quantitative estimate of drug-likeness (QED) is 0.606. The van der Waals surface area contributed by atoms with Crippen molar-refractivity contribution in [1.29, 1.82) is 0 Å². The Morgan fingerprint density at radius 1 is 0.958 bits per heavy atom. The summed E-state index contributed by atoms with van der Waals surface area (Å²) in [7, 11) is 0. The van der Waals surface area contributed by atoms with E-state index in [0.717, 1.165) is 22.3 Å². The molecule has 0 atom stereocenters. The molecule has 0 saturated carbocycles. The molecule has 0 aliphatic carbocycles. The Kier molecular flexibility index (Phi) is 4.57. The van der Waals surface area contributed by atoms with Crippen molar-refractivity contribution < 1.29 is 8.78 Å². The molecule has 1 aromatic heterocycles. The van der Waals surface area contributed by atoms with Gasteiger partial charge in [0.25, 0.3) is 0 Å². The molecule has 0 amide bonds. The fraction of sp³-hybridized carbons (Fsp3) is 0. The minimum atomic E-state index is -0.741. The second-order valence-corrected chi connectivity index (χ2v) is 5.78. The minimum Gasteiger partial charge on any atom is -0.393 e. The largest absolute Gasteiger partial charge is 0.393 e. The van der Waals surface area contributed by atoms with Gasteiger partial charge in [-0.3, -0.25) is 0 Å². The van der Waals surface area contributed by atoms with Gasteiger partial charge in [0.05, 0.1) is 5.69 Å². The first-order valence-corrected chi connectivity index (χ1v) is 7.67. The first-order valence-electron chi connectivity index (χ1n) is 6.88. The Labute approximate surface area is 145 Å². The van der Waals surface area contributed by atoms with Crippen molar-refractivity contribution in [3.05, 3.63) is 64.9 Å². The molecular formula is C16H12BrF2N5. The number of halogens is 3. The predicted octanol–water partition coefficient (Wildman–Crippen LogP) is 4.59. The first-order chi connectivity index (χ1) is 11.5. The maximum atomic E-state index is 13.8. The molecule has 0 spiro atoms. The third-order valence-electron chi connectivity index (χ3n) is 3.16. The van der Waals surface area contributed by atoms with Crippen molar-refractivity contribution in [3.8, 4) is 0 Å². The number of hydrogen-bond acceptors (Lipinski definition) is 5. The highest BCUT2D eigenvalue weighted by atomic mass is 79.9. The van der Waals surface area contributed by atoms with Crippen LogP contribution in [0.3, 0.4) is 0 Å². The molecule has 8 heteroatoms. The number of benzene rings is 2. The number of anilines is 5. The van der Waals surface area contributed by atoms with Crippen LogP contribution in [-0.2, 0) is 0 Å². The van der Waals surface area contributed by atoms with E-state index in [1.54, 1.807) is 0 Å². The van der Waals surface area contributed by atoms with Gasteiger partial charge in [-0.05, 0) is 30.3 Å². The van der Waals surface area contributed by atoms with Crippen LogP contribution in [0.2, 0.25) is 0 Å². The lowest BCUT2D eigenvalue weighted by atomic mass is 10.3. The van der Waals surface area contributed by atoms with Gasteiger partial charge < -0.3 is 16.4 Å². The van der Waals surface area contributed by atoms with Gasteiger partial charge in [-0.25, -0.2) is 18.7 Å². The van der Waals surface area contributed by atoms with Crippen LogP contribution in [0, 0.1) is 11.6 Å². The second-order valence-electron chi connectivity index (χ2n) is 4.87. The molecule has 4 N–H and O–H groups in total. The fourth-order valence-electron chi connectivity index (χ4n) is 2.02. The van der Waals surface area contributed by atoms with Crippen LogP contribution in [0.25, 0.3) is 0 Å². The van der Waals surface area contributed by atoms with E-state index in [1.165, 1.54) is 12.4 Å². The molecule has 3 aromatic rings. The maximum absolute atomic E-state index is 13.8. The Morgan fingerprint density at radius 2 is 1.71 bits per heavy atom. The van der Waals surface area contributed by atoms with Crippen LogP contribution in [0.5, 0.6) is 0 Å². The standard InChI is InChI=1S/C16H12BrF2N5/c17-9-2-1-3-11(6-9)23-15-14(20)16(22-8-21-15)24-13-5-4-10(18)7-12(13)19/h1-8H,20H2,(H2,21,22,23,24). The molecule has 0 aliphatic heterocycles. The number of nitrogens with zero attached hydrogens (tertiary/aromatic N) is 2. The van der Waals surface area contributed by atoms with E-state index in [-0.39, 0.29) is 17.2 Å². The molecule has 0 radical (unpaired) electrons. The number of rotatable bonds is 4. The van der Waals surface area contributed by atoms with Gasteiger partial charge in [0.15, 0.2) is 11.6 Å². The summed E-state index contributed by atoms with van der Waals surface area (Å²) in [5, 5.41) is 5.80. The van der Waals surface area contributed by atoms with E-state index < -0.39 is 11.6 Å². The van der Waals surface area contributed by atoms with Crippen molar-refractivity contribution in [3.63, 3.8) is 0 Å². The molecule has 24 heavy (non-hydrogen) atoms. The van der Waals surface area contributed by atoms with Gasteiger partial charge in [0.2, 0.25) is 0 Å². The lowest BCUT2D eigenvalue weighted by molar-refractivity contribution is 0.586. The maximum Gasteiger partial charge on any atom is 0.159 e. The van der Waals surface area contributed by atoms with E-state index in [1.807, 2.05) is 24.3 Å². The molecule has 5 nitrogen and oxygen atoms in total. The zero-order valence-corrected chi connectivity index (χ0v) is 13.8. The highest BCUT2D eigenvalue weighted by Gasteiger charge is 2.11. The Morgan fingerprint density at radius 3 is 2.42 bits per heavy atom. The van der Waals surface area contributed by atoms with Crippen molar-refractivity contribution in [2.45, 2.75) is 0 Å². The van der Waals surface area contributed by atoms with E-state index in [9.17, 15) is 8.78 Å². The van der Waals surface area contributed by atoms with Crippen LogP contribution in [0.15, 0.2) is 53.3 Å². The molecule has 0 saturated heterocycles. The molecular weight excluding hydrogens is 380 g/mol. The summed E-state index contributed by atoms with van der Waals surface area (Å²) in [6, 6.07) is 10.6. The molecule has 122 valence electrons. The highest BCUT2D eigenvalue weighted by molar-refractivity contribution is 9.10. The number of nitrogens with one attached hydrogen (secondary N) is 2. The SMILES string of the molecule is Nc1c(Nc2cccc(Br)c2)ncnc1Nc1ccc(F)cc1F. The Balaban J connectivity index is 1.88. The van der Waals surface area contributed by atoms with Crippen molar-refractivity contribution in [2.75, 3.05) is 16.4 Å². The van der Waals surface area contributed by atoms with Gasteiger partial charge >= 0.3 is 0 Å². The van der Waals surface area contributed by atoms with E-state index in [4.69, 9.17) is 5.73 Å². The zero-order valence-electron chi connectivity index (χ0n) is 12.2. The van der Waals surface area contributed by atoms with Crippen molar-refractivity contribution in [2.24, 2.45) is 0 Å². The smallest absolute Gasteiger partial charge is 0.159 e. The average Bonchev–Trinajstić information content (AvgIpc) is 2.54. The van der Waals surface area contributed by atoms with Gasteiger partial charge in [0, 0.05) is 16.2 Å². The summed E-state index contributed by atoms with van der Waals surface area (Å²) < 4.78 is 27.6. The van der Waals surface area contributed by atoms with Gasteiger partial charge in [-0.2, -0.15) is 0 Å². The van der Waals surface area contributed by atoms with Gasteiger partial charge in [0.1, 0.15) is 23.6 Å². The number of nitrogen functional groups attached to an aromatic ring is 1. The predicted molar refractivity (Wildman–Crippen MR) is 93.5 cm³/mol. The molecule has 2 aromatic carbocycles. The second kappa shape index (κ2) is 6.79. The van der Waals surface area contributed by atoms with Crippen LogP contribution in [0.1, 0.15) is 0 Å². The number of hydrogen-bond donors (Lipinski definition) is 3. The van der Waals surface area contributed by atoms with Gasteiger partial charge in [-0.15, -0.1) is 0 Å². The lowest BCUT2D eigenvalue weighted by Crippen LogP contribution is -2.06. The molecule has 1 heterocycles. The van der Waals surface area contributed by atoms with Crippen LogP contribution >= 0.6 is 15.9 Å². The summed E-state index contributed by atoms with van der Waals surface area (Å²) in [5.74, 6) is -0.818. The lowest BCUT2D eigenvalue weighted by Gasteiger charge is -2.13. The van der Waals surface area contributed by atoms with Crippen LogP contribution < -0.4 is 16.4 Å². The van der Waals surface area contributed by atoms with Crippen LogP contribution in [-0.4, -0.2) is 9.97 Å². The summed E-state index contributed by atoms with van der Waals surface area (Å²) >= 11 is 3.38. The molecule has 0 fully saturated rings. The van der Waals surface area contributed by atoms with E-state index in [0.29, 0.717) is 5.82 Å². The monoisotopic (exact) mass is 391 g/mol. The molecule has 0 unspecified atom stereocenters. The minimum absolute atomic E-state index is 0.0650. The zero-order chi connectivity index (χ0) is 17.1. The summed E-state index contributed by atoms with van der Waals surface area (Å²) in [4.78, 5) is 8.09. The van der Waals surface area contributed by atoms with Crippen molar-refractivity contribution >= 4 is 44.6 Å². The fourth-order valence-corrected chi connectivity index (χ4v) is 2.42. The normalized spacial score (nSPS) is 10.5.